The predicted molar refractivity (Wildman–Crippen MR) is 110 cm³/mol. The van der Waals surface area contributed by atoms with Crippen LogP contribution in [0.1, 0.15) is 63.6 Å². The summed E-state index contributed by atoms with van der Waals surface area (Å²) in [6.07, 6.45) is 2.97. The van der Waals surface area contributed by atoms with E-state index in [1.165, 1.54) is 16.2 Å². The summed E-state index contributed by atoms with van der Waals surface area (Å²) in [5.74, 6) is 0.271. The topological polar surface area (TPSA) is 40.6 Å². The summed E-state index contributed by atoms with van der Waals surface area (Å²) in [6, 6.07) is 4.30. The Hall–Kier alpha value is -1.75. The molecule has 0 unspecified atom stereocenters. The number of hydrogen-bond acceptors (Lipinski definition) is 4. The van der Waals surface area contributed by atoms with Crippen LogP contribution in [0.2, 0.25) is 0 Å². The number of rotatable bonds is 2. The number of aryl methyl sites for hydroxylation is 1. The molecule has 140 valence electrons. The van der Waals surface area contributed by atoms with Crippen molar-refractivity contribution in [1.29, 1.82) is 0 Å². The first-order chi connectivity index (χ1) is 12.0. The number of benzene rings is 1. The maximum atomic E-state index is 12.6. The van der Waals surface area contributed by atoms with E-state index in [0.29, 0.717) is 10.8 Å². The van der Waals surface area contributed by atoms with E-state index in [4.69, 9.17) is 0 Å². The highest BCUT2D eigenvalue weighted by atomic mass is 32.2. The third-order valence-electron chi connectivity index (χ3n) is 5.65. The highest BCUT2D eigenvalue weighted by molar-refractivity contribution is 8.18. The van der Waals surface area contributed by atoms with Crippen LogP contribution in [0.5, 0.6) is 0 Å². The van der Waals surface area contributed by atoms with Crippen molar-refractivity contribution in [2.45, 2.75) is 65.5 Å². The molecule has 0 radical (unpaired) electrons. The Morgan fingerprint density at radius 3 is 2.50 bits per heavy atom. The van der Waals surface area contributed by atoms with Gasteiger partial charge in [-0.25, -0.2) is 0 Å². The fourth-order valence-electron chi connectivity index (χ4n) is 3.96. The lowest BCUT2D eigenvalue weighted by molar-refractivity contribution is -0.123. The van der Waals surface area contributed by atoms with Crippen LogP contribution in [-0.2, 0) is 4.79 Å². The molecule has 2 amide bonds. The number of amides is 2. The normalized spacial score (nSPS) is 24.0. The second-order valence-electron chi connectivity index (χ2n) is 8.39. The summed E-state index contributed by atoms with van der Waals surface area (Å²) in [6.45, 7) is 12.6. The van der Waals surface area contributed by atoms with Gasteiger partial charge < -0.3 is 4.90 Å². The van der Waals surface area contributed by atoms with Crippen molar-refractivity contribution in [2.75, 3.05) is 11.9 Å². The maximum absolute atomic E-state index is 12.6. The average molecular weight is 373 g/mol. The number of carbonyl (C=O) groups excluding carboxylic acids is 2. The Labute approximate surface area is 160 Å². The number of nitrogens with zero attached hydrogens (tertiary/aromatic N) is 2. The molecule has 0 spiro atoms. The third kappa shape index (κ3) is 3.07. The molecule has 0 bridgehead atoms. The van der Waals surface area contributed by atoms with Gasteiger partial charge in [0.15, 0.2) is 0 Å². The summed E-state index contributed by atoms with van der Waals surface area (Å²) in [5.41, 5.74) is 4.85. The zero-order valence-corrected chi connectivity index (χ0v) is 17.5. The molecule has 26 heavy (non-hydrogen) atoms. The summed E-state index contributed by atoms with van der Waals surface area (Å²) in [7, 11) is 2.15. The van der Waals surface area contributed by atoms with Gasteiger partial charge in [0, 0.05) is 24.3 Å². The van der Waals surface area contributed by atoms with E-state index in [-0.39, 0.29) is 22.7 Å². The molecule has 1 aromatic carbocycles. The molecule has 0 N–H and O–H groups in total. The van der Waals surface area contributed by atoms with Gasteiger partial charge in [-0.15, -0.1) is 0 Å². The van der Waals surface area contributed by atoms with Crippen molar-refractivity contribution in [3.63, 3.8) is 0 Å². The number of imide groups is 1. The monoisotopic (exact) mass is 372 g/mol. The first-order valence-corrected chi connectivity index (χ1v) is 10.00. The van der Waals surface area contributed by atoms with Crippen LogP contribution >= 0.6 is 11.8 Å². The SMILES string of the molecule is Cc1cc2c(cc1/C=C1\SC(=O)N(C(C)C)C1=O)[C@H](C)CC(C)(C)N2C. The largest absolute Gasteiger partial charge is 0.369 e. The van der Waals surface area contributed by atoms with Gasteiger partial charge in [-0.05, 0) is 93.6 Å². The number of fused-ring (bicyclic) bond motifs is 1. The van der Waals surface area contributed by atoms with Crippen molar-refractivity contribution in [2.24, 2.45) is 0 Å². The third-order valence-corrected chi connectivity index (χ3v) is 6.53. The standard InChI is InChI=1S/C21H28N2O2S/c1-12(2)23-19(24)18(26-20(23)25)10-15-9-16-14(4)11-21(5,6)22(7)17(16)8-13(15)3/h8-10,12,14H,11H2,1-7H3/b18-10-/t14-/m1/s1. The molecular formula is C21H28N2O2S. The summed E-state index contributed by atoms with van der Waals surface area (Å²) in [4.78, 5) is 28.9. The van der Waals surface area contributed by atoms with E-state index in [9.17, 15) is 9.59 Å². The minimum absolute atomic E-state index is 0.117. The van der Waals surface area contributed by atoms with E-state index in [1.54, 1.807) is 0 Å². The highest BCUT2D eigenvalue weighted by Crippen LogP contribution is 2.44. The van der Waals surface area contributed by atoms with Crippen molar-refractivity contribution in [1.82, 2.24) is 4.90 Å². The van der Waals surface area contributed by atoms with Gasteiger partial charge in [0.25, 0.3) is 11.1 Å². The zero-order valence-electron chi connectivity index (χ0n) is 16.7. The number of thioether (sulfide) groups is 1. The van der Waals surface area contributed by atoms with Gasteiger partial charge in [-0.3, -0.25) is 14.5 Å². The maximum Gasteiger partial charge on any atom is 0.293 e. The van der Waals surface area contributed by atoms with Crippen LogP contribution in [0.15, 0.2) is 17.0 Å². The number of carbonyl (C=O) groups is 2. The van der Waals surface area contributed by atoms with Crippen LogP contribution in [0.25, 0.3) is 6.08 Å². The molecule has 4 nitrogen and oxygen atoms in total. The first kappa shape index (κ1) is 19.0. The minimum atomic E-state index is -0.182. The summed E-state index contributed by atoms with van der Waals surface area (Å²) >= 11 is 1.04. The van der Waals surface area contributed by atoms with E-state index >= 15 is 0 Å². The lowest BCUT2D eigenvalue weighted by atomic mass is 9.79. The van der Waals surface area contributed by atoms with Gasteiger partial charge in [0.05, 0.1) is 4.91 Å². The van der Waals surface area contributed by atoms with E-state index < -0.39 is 0 Å². The van der Waals surface area contributed by atoms with Crippen LogP contribution in [0.4, 0.5) is 10.5 Å². The minimum Gasteiger partial charge on any atom is -0.369 e. The van der Waals surface area contributed by atoms with Gasteiger partial charge in [0.2, 0.25) is 0 Å². The van der Waals surface area contributed by atoms with Crippen molar-refractivity contribution >= 4 is 34.7 Å². The van der Waals surface area contributed by atoms with E-state index in [0.717, 1.165) is 29.3 Å². The molecule has 0 aliphatic carbocycles. The smallest absolute Gasteiger partial charge is 0.293 e. The Kier molecular flexibility index (Phi) is 4.72. The van der Waals surface area contributed by atoms with Crippen LogP contribution in [-0.4, -0.2) is 34.7 Å². The molecule has 1 saturated heterocycles. The number of hydrogen-bond donors (Lipinski definition) is 0. The Balaban J connectivity index is 2.03. The quantitative estimate of drug-likeness (QED) is 0.672. The van der Waals surface area contributed by atoms with Gasteiger partial charge in [0.1, 0.15) is 0 Å². The molecule has 1 aromatic rings. The molecule has 0 aromatic heterocycles. The molecule has 5 heteroatoms. The van der Waals surface area contributed by atoms with Gasteiger partial charge in [-0.2, -0.15) is 0 Å². The molecule has 3 rings (SSSR count). The Bertz CT molecular complexity index is 810. The molecule has 0 saturated carbocycles. The van der Waals surface area contributed by atoms with E-state index in [2.05, 4.69) is 51.8 Å². The summed E-state index contributed by atoms with van der Waals surface area (Å²) < 4.78 is 0. The highest BCUT2D eigenvalue weighted by Gasteiger charge is 2.37. The molecule has 1 atom stereocenters. The van der Waals surface area contributed by atoms with Crippen LogP contribution < -0.4 is 4.90 Å². The van der Waals surface area contributed by atoms with Gasteiger partial charge >= 0.3 is 0 Å². The Morgan fingerprint density at radius 2 is 1.92 bits per heavy atom. The zero-order chi connectivity index (χ0) is 19.4. The number of anilines is 1. The van der Waals surface area contributed by atoms with Crippen molar-refractivity contribution in [3.8, 4) is 0 Å². The average Bonchev–Trinajstić information content (AvgIpc) is 2.80. The lowest BCUT2D eigenvalue weighted by Gasteiger charge is -2.45. The second kappa shape index (κ2) is 6.45. The molecule has 2 heterocycles. The predicted octanol–water partition coefficient (Wildman–Crippen LogP) is 5.16. The molecule has 2 aliphatic heterocycles. The van der Waals surface area contributed by atoms with Crippen molar-refractivity contribution in [3.05, 3.63) is 33.7 Å². The van der Waals surface area contributed by atoms with Crippen LogP contribution in [0, 0.1) is 6.92 Å². The summed E-state index contributed by atoms with van der Waals surface area (Å²) in [5, 5.41) is -0.179. The van der Waals surface area contributed by atoms with E-state index in [1.807, 2.05) is 19.9 Å². The molecule has 1 fully saturated rings. The fourth-order valence-corrected chi connectivity index (χ4v) is 4.91. The fraction of sp³-hybridized carbons (Fsp3) is 0.524. The first-order valence-electron chi connectivity index (χ1n) is 9.18. The second-order valence-corrected chi connectivity index (χ2v) is 9.38. The molecular weight excluding hydrogens is 344 g/mol. The van der Waals surface area contributed by atoms with Crippen LogP contribution in [0.3, 0.4) is 0 Å². The van der Waals surface area contributed by atoms with Gasteiger partial charge in [-0.1, -0.05) is 6.92 Å². The van der Waals surface area contributed by atoms with Crippen molar-refractivity contribution < 1.29 is 9.59 Å². The Morgan fingerprint density at radius 1 is 1.27 bits per heavy atom. The molecule has 2 aliphatic rings. The lowest BCUT2D eigenvalue weighted by Crippen LogP contribution is -2.45.